The summed E-state index contributed by atoms with van der Waals surface area (Å²) >= 11 is 0. The van der Waals surface area contributed by atoms with Gasteiger partial charge in [-0.05, 0) is 39.0 Å². The molecule has 1 aromatic heterocycles. The van der Waals surface area contributed by atoms with Crippen LogP contribution in [-0.2, 0) is 35.9 Å². The third-order valence-electron chi connectivity index (χ3n) is 8.69. The minimum Gasteiger partial charge on any atom is -0.508 e. The first-order valence-electron chi connectivity index (χ1n) is 15.1. The number of rotatable bonds is 9. The zero-order chi connectivity index (χ0) is 33.6. The van der Waals surface area contributed by atoms with Crippen molar-refractivity contribution in [2.75, 3.05) is 0 Å². The molecule has 3 aromatic carbocycles. The van der Waals surface area contributed by atoms with Crippen LogP contribution < -0.4 is 17.1 Å². The summed E-state index contributed by atoms with van der Waals surface area (Å²) in [5.41, 5.74) is -0.571. The summed E-state index contributed by atoms with van der Waals surface area (Å²) in [4.78, 5) is 42.5. The van der Waals surface area contributed by atoms with E-state index in [4.69, 9.17) is 0 Å². The van der Waals surface area contributed by atoms with E-state index in [1.54, 1.807) is 36.4 Å². The Labute approximate surface area is 263 Å². The Hall–Kier alpha value is -4.53. The fraction of sp³-hybridized carbons (Fsp3) is 0.417. The highest BCUT2D eigenvalue weighted by Gasteiger charge is 2.33. The minimum absolute atomic E-state index is 0.0411. The van der Waals surface area contributed by atoms with Crippen LogP contribution in [0.25, 0.3) is 0 Å². The van der Waals surface area contributed by atoms with Crippen molar-refractivity contribution in [1.29, 1.82) is 0 Å². The second-order valence-electron chi connectivity index (χ2n) is 14.3. The molecule has 0 aliphatic rings. The molecule has 9 heteroatoms. The molecule has 0 amide bonds. The van der Waals surface area contributed by atoms with Crippen molar-refractivity contribution >= 4 is 0 Å². The van der Waals surface area contributed by atoms with Crippen molar-refractivity contribution in [2.24, 2.45) is 0 Å². The van der Waals surface area contributed by atoms with Crippen molar-refractivity contribution in [3.63, 3.8) is 0 Å². The van der Waals surface area contributed by atoms with Gasteiger partial charge in [0.05, 0.1) is 0 Å². The van der Waals surface area contributed by atoms with E-state index in [1.807, 2.05) is 80.5 Å². The summed E-state index contributed by atoms with van der Waals surface area (Å²) in [7, 11) is 0. The molecule has 0 radical (unpaired) electrons. The van der Waals surface area contributed by atoms with Crippen molar-refractivity contribution in [1.82, 2.24) is 13.7 Å². The van der Waals surface area contributed by atoms with Crippen molar-refractivity contribution in [3.8, 4) is 17.2 Å². The molecule has 1 heterocycles. The van der Waals surface area contributed by atoms with E-state index in [0.29, 0.717) is 16.7 Å². The van der Waals surface area contributed by atoms with Crippen LogP contribution in [0.5, 0.6) is 17.2 Å². The van der Waals surface area contributed by atoms with E-state index in [-0.39, 0.29) is 36.9 Å². The van der Waals surface area contributed by atoms with Gasteiger partial charge in [-0.15, -0.1) is 0 Å². The van der Waals surface area contributed by atoms with Gasteiger partial charge < -0.3 is 15.3 Å². The molecule has 0 saturated carbocycles. The summed E-state index contributed by atoms with van der Waals surface area (Å²) in [6.45, 7) is 16.3. The number of aryl methyl sites for hydroxylation is 3. The monoisotopic (exact) mass is 615 g/mol. The molecule has 3 N–H and O–H groups in total. The predicted octanol–water partition coefficient (Wildman–Crippen LogP) is 5.15. The quantitative estimate of drug-likeness (QED) is 0.239. The first-order chi connectivity index (χ1) is 20.7. The molecule has 240 valence electrons. The van der Waals surface area contributed by atoms with E-state index in [9.17, 15) is 29.7 Å². The molecule has 4 aromatic rings. The summed E-state index contributed by atoms with van der Waals surface area (Å²) in [6, 6.07) is 15.6. The fourth-order valence-corrected chi connectivity index (χ4v) is 6.11. The van der Waals surface area contributed by atoms with Gasteiger partial charge in [0.15, 0.2) is 0 Å². The van der Waals surface area contributed by atoms with Crippen molar-refractivity contribution in [2.45, 2.75) is 98.2 Å². The molecule has 0 unspecified atom stereocenters. The van der Waals surface area contributed by atoms with Crippen LogP contribution in [0.2, 0.25) is 0 Å². The predicted molar refractivity (Wildman–Crippen MR) is 177 cm³/mol. The zero-order valence-electron chi connectivity index (χ0n) is 27.7. The summed E-state index contributed by atoms with van der Waals surface area (Å²) < 4.78 is 3.17. The maximum absolute atomic E-state index is 14.2. The zero-order valence-corrected chi connectivity index (χ0v) is 27.7. The Morgan fingerprint density at radius 2 is 0.689 bits per heavy atom. The van der Waals surface area contributed by atoms with Crippen LogP contribution in [0.1, 0.15) is 74.9 Å². The Balaban J connectivity index is 1.96. The lowest BCUT2D eigenvalue weighted by atomic mass is 9.82. The van der Waals surface area contributed by atoms with Gasteiger partial charge in [0, 0.05) is 52.6 Å². The Morgan fingerprint density at radius 3 is 0.911 bits per heavy atom. The number of benzene rings is 3. The highest BCUT2D eigenvalue weighted by Crippen LogP contribution is 2.35. The SMILES string of the molecule is Cc1ccc(O)c(C(C)(C)Cn2c(=O)n(CC(C)(C)c3cc(C)ccc3O)c(=O)n(CC(C)(C)c3cc(C)ccc3O)c2=O)c1. The second-order valence-corrected chi connectivity index (χ2v) is 14.3. The molecule has 0 fully saturated rings. The molecule has 0 saturated heterocycles. The highest BCUT2D eigenvalue weighted by molar-refractivity contribution is 5.42. The molecule has 0 aliphatic carbocycles. The average molecular weight is 616 g/mol. The topological polar surface area (TPSA) is 127 Å². The van der Waals surface area contributed by atoms with Gasteiger partial charge in [-0.2, -0.15) is 0 Å². The van der Waals surface area contributed by atoms with E-state index in [1.165, 1.54) is 0 Å². The summed E-state index contributed by atoms with van der Waals surface area (Å²) in [5, 5.41) is 32.2. The third kappa shape index (κ3) is 6.62. The molecule has 9 nitrogen and oxygen atoms in total. The second kappa shape index (κ2) is 11.8. The standard InChI is InChI=1S/C36H45N3O6/c1-22-10-13-28(40)25(16-22)34(4,5)19-37-31(43)38(20-35(6,7)26-17-23(2)11-14-29(26)41)33(45)39(32(37)44)21-36(8,9)27-18-24(3)12-15-30(27)42/h10-18,40-42H,19-21H2,1-9H3. The number of hydrogen-bond donors (Lipinski definition) is 3. The van der Waals surface area contributed by atoms with Crippen LogP contribution in [-0.4, -0.2) is 29.0 Å². The first kappa shape index (κ1) is 33.4. The number of phenols is 3. The Kier molecular flexibility index (Phi) is 8.72. The molecular weight excluding hydrogens is 570 g/mol. The lowest BCUT2D eigenvalue weighted by molar-refractivity contribution is 0.310. The van der Waals surface area contributed by atoms with Gasteiger partial charge in [-0.1, -0.05) is 94.6 Å². The summed E-state index contributed by atoms with van der Waals surface area (Å²) in [5.74, 6) is 0.123. The molecule has 0 spiro atoms. The lowest BCUT2D eigenvalue weighted by Crippen LogP contribution is -2.58. The van der Waals surface area contributed by atoms with Crippen LogP contribution in [0.4, 0.5) is 0 Å². The Morgan fingerprint density at radius 1 is 0.467 bits per heavy atom. The molecule has 0 bridgehead atoms. The van der Waals surface area contributed by atoms with Crippen LogP contribution in [0.3, 0.4) is 0 Å². The number of aromatic nitrogens is 3. The van der Waals surface area contributed by atoms with Gasteiger partial charge in [0.1, 0.15) is 17.2 Å². The van der Waals surface area contributed by atoms with Gasteiger partial charge in [0.2, 0.25) is 0 Å². The van der Waals surface area contributed by atoms with Gasteiger partial charge >= 0.3 is 17.1 Å². The van der Waals surface area contributed by atoms with Crippen LogP contribution in [0.15, 0.2) is 69.0 Å². The lowest BCUT2D eigenvalue weighted by Gasteiger charge is -2.31. The number of nitrogens with zero attached hydrogens (tertiary/aromatic N) is 3. The summed E-state index contributed by atoms with van der Waals surface area (Å²) in [6.07, 6.45) is 0. The molecule has 45 heavy (non-hydrogen) atoms. The number of phenolic OH excluding ortho intramolecular Hbond substituents is 3. The van der Waals surface area contributed by atoms with E-state index in [2.05, 4.69) is 0 Å². The maximum atomic E-state index is 14.2. The normalized spacial score (nSPS) is 12.5. The smallest absolute Gasteiger partial charge is 0.336 e. The van der Waals surface area contributed by atoms with E-state index in [0.717, 1.165) is 30.4 Å². The van der Waals surface area contributed by atoms with Crippen LogP contribution >= 0.6 is 0 Å². The number of hydrogen-bond acceptors (Lipinski definition) is 6. The highest BCUT2D eigenvalue weighted by atomic mass is 16.3. The third-order valence-corrected chi connectivity index (χ3v) is 8.69. The van der Waals surface area contributed by atoms with Crippen LogP contribution in [0, 0.1) is 20.8 Å². The van der Waals surface area contributed by atoms with E-state index < -0.39 is 33.3 Å². The average Bonchev–Trinajstić information content (AvgIpc) is 2.95. The largest absolute Gasteiger partial charge is 0.508 e. The van der Waals surface area contributed by atoms with Gasteiger partial charge in [-0.3, -0.25) is 0 Å². The van der Waals surface area contributed by atoms with Crippen molar-refractivity contribution < 1.29 is 15.3 Å². The van der Waals surface area contributed by atoms with E-state index >= 15 is 0 Å². The van der Waals surface area contributed by atoms with Gasteiger partial charge in [-0.25, -0.2) is 28.1 Å². The first-order valence-corrected chi connectivity index (χ1v) is 15.1. The maximum Gasteiger partial charge on any atom is 0.336 e. The van der Waals surface area contributed by atoms with Gasteiger partial charge in [0.25, 0.3) is 0 Å². The molecule has 0 atom stereocenters. The molecular formula is C36H45N3O6. The fourth-order valence-electron chi connectivity index (χ4n) is 6.11. The molecule has 4 rings (SSSR count). The number of aromatic hydroxyl groups is 3. The minimum atomic E-state index is -0.881. The molecule has 0 aliphatic heterocycles. The van der Waals surface area contributed by atoms with Crippen molar-refractivity contribution in [3.05, 3.63) is 119 Å². The Bertz CT molecular complexity index is 1690.